The molecule has 0 unspecified atom stereocenters. The lowest BCUT2D eigenvalue weighted by Crippen LogP contribution is -1.92. The van der Waals surface area contributed by atoms with Crippen molar-refractivity contribution >= 4 is 54.3 Å². The molecule has 0 amide bonds. The fraction of sp³-hybridized carbons (Fsp3) is 0. The van der Waals surface area contributed by atoms with Crippen LogP contribution in [0.5, 0.6) is 0 Å². The van der Waals surface area contributed by atoms with Crippen molar-refractivity contribution in [2.45, 2.75) is 0 Å². The van der Waals surface area contributed by atoms with Gasteiger partial charge in [0.05, 0.1) is 0 Å². The number of rotatable bonds is 5. The second-order valence-electron chi connectivity index (χ2n) is 14.5. The third kappa shape index (κ3) is 5.32. The Kier molecular flexibility index (Phi) is 7.25. The van der Waals surface area contributed by atoms with E-state index >= 15 is 0 Å². The fourth-order valence-electron chi connectivity index (χ4n) is 8.59. The van der Waals surface area contributed by atoms with Crippen molar-refractivity contribution < 1.29 is 4.42 Å². The van der Waals surface area contributed by atoms with Crippen LogP contribution < -0.4 is 0 Å². The smallest absolute Gasteiger partial charge is 0.135 e. The van der Waals surface area contributed by atoms with Crippen molar-refractivity contribution in [1.29, 1.82) is 0 Å². The van der Waals surface area contributed by atoms with Gasteiger partial charge < -0.3 is 4.42 Å². The molecule has 11 rings (SSSR count). The Labute approximate surface area is 319 Å². The molecule has 0 N–H and O–H groups in total. The first kappa shape index (κ1) is 31.3. The van der Waals surface area contributed by atoms with E-state index in [1.807, 2.05) is 12.1 Å². The largest absolute Gasteiger partial charge is 0.456 e. The van der Waals surface area contributed by atoms with E-state index in [1.165, 1.54) is 82.4 Å². The summed E-state index contributed by atoms with van der Waals surface area (Å²) in [6, 6.07) is 75.0. The Morgan fingerprint density at radius 1 is 0.218 bits per heavy atom. The van der Waals surface area contributed by atoms with Gasteiger partial charge in [-0.3, -0.25) is 0 Å². The second kappa shape index (κ2) is 12.7. The summed E-state index contributed by atoms with van der Waals surface area (Å²) in [4.78, 5) is 0. The van der Waals surface area contributed by atoms with E-state index in [2.05, 4.69) is 194 Å². The molecule has 0 aliphatic carbocycles. The summed E-state index contributed by atoms with van der Waals surface area (Å²) >= 11 is 0. The molecule has 0 saturated heterocycles. The molecule has 1 nitrogen and oxygen atoms in total. The van der Waals surface area contributed by atoms with Gasteiger partial charge in [-0.25, -0.2) is 0 Å². The first-order chi connectivity index (χ1) is 27.2. The quantitative estimate of drug-likeness (QED) is 0.163. The average molecular weight is 699 g/mol. The van der Waals surface area contributed by atoms with E-state index in [1.54, 1.807) is 0 Å². The predicted octanol–water partition coefficient (Wildman–Crippen LogP) is 15.4. The van der Waals surface area contributed by atoms with Crippen LogP contribution in [0.3, 0.4) is 0 Å². The number of fused-ring (bicyclic) bond motifs is 6. The van der Waals surface area contributed by atoms with E-state index in [-0.39, 0.29) is 0 Å². The Morgan fingerprint density at radius 3 is 1.35 bits per heavy atom. The van der Waals surface area contributed by atoms with Crippen LogP contribution in [0.4, 0.5) is 0 Å². The molecular weight excluding hydrogens is 665 g/mol. The minimum atomic E-state index is 0.903. The summed E-state index contributed by atoms with van der Waals surface area (Å²) in [6.45, 7) is 0. The van der Waals surface area contributed by atoms with Crippen LogP contribution in [-0.2, 0) is 0 Å². The maximum absolute atomic E-state index is 6.23. The molecule has 256 valence electrons. The summed E-state index contributed by atoms with van der Waals surface area (Å²) in [5, 5.41) is 9.74. The monoisotopic (exact) mass is 698 g/mol. The number of para-hydroxylation sites is 1. The van der Waals surface area contributed by atoms with Gasteiger partial charge in [0.2, 0.25) is 0 Å². The summed E-state index contributed by atoms with van der Waals surface area (Å²) in [5.74, 6) is 0. The van der Waals surface area contributed by atoms with Gasteiger partial charge in [-0.15, -0.1) is 0 Å². The predicted molar refractivity (Wildman–Crippen MR) is 233 cm³/mol. The highest BCUT2D eigenvalue weighted by Crippen LogP contribution is 2.45. The molecular formula is C54H34O. The first-order valence-corrected chi connectivity index (χ1v) is 18.9. The molecule has 0 spiro atoms. The van der Waals surface area contributed by atoms with Gasteiger partial charge >= 0.3 is 0 Å². The summed E-state index contributed by atoms with van der Waals surface area (Å²) in [7, 11) is 0. The molecule has 11 aromatic rings. The SMILES string of the molecule is c1ccc(-c2c3ccccc3c(-c3ccccc3)c3cc(-c4cc(-c5ccc6ccccc6c5)cc(-c5ccc6oc7ccccc7c6c5)c4)ccc23)cc1. The minimum absolute atomic E-state index is 0.903. The Balaban J connectivity index is 1.18. The van der Waals surface area contributed by atoms with Crippen LogP contribution in [0.15, 0.2) is 211 Å². The standard InChI is InChI=1S/C54H34O/c1-3-14-36(15-4-1)53-46-20-9-10-21-47(46)54(37-16-5-2-6-17-37)50-34-40(25-27-48(50)53)43-30-42(39-24-23-35-13-7-8-18-38(35)29-39)31-44(32-43)41-26-28-52-49(33-41)45-19-11-12-22-51(45)55-52/h1-34H. The average Bonchev–Trinajstić information content (AvgIpc) is 3.63. The first-order valence-electron chi connectivity index (χ1n) is 18.9. The second-order valence-corrected chi connectivity index (χ2v) is 14.5. The summed E-state index contributed by atoms with van der Waals surface area (Å²) in [5.41, 5.74) is 13.8. The zero-order valence-corrected chi connectivity index (χ0v) is 30.0. The third-order valence-corrected chi connectivity index (χ3v) is 11.2. The van der Waals surface area contributed by atoms with E-state index in [0.717, 1.165) is 27.5 Å². The molecule has 0 fully saturated rings. The van der Waals surface area contributed by atoms with Crippen molar-refractivity contribution in [2.24, 2.45) is 0 Å². The number of hydrogen-bond donors (Lipinski definition) is 0. The van der Waals surface area contributed by atoms with Gasteiger partial charge in [-0.1, -0.05) is 158 Å². The van der Waals surface area contributed by atoms with Crippen LogP contribution in [0.2, 0.25) is 0 Å². The molecule has 55 heavy (non-hydrogen) atoms. The molecule has 1 heterocycles. The van der Waals surface area contributed by atoms with Crippen LogP contribution in [-0.4, -0.2) is 0 Å². The number of furan rings is 1. The number of benzene rings is 10. The molecule has 1 heteroatoms. The molecule has 0 saturated carbocycles. The molecule has 1 aromatic heterocycles. The summed E-state index contributed by atoms with van der Waals surface area (Å²) < 4.78 is 6.23. The maximum atomic E-state index is 6.23. The number of hydrogen-bond acceptors (Lipinski definition) is 1. The van der Waals surface area contributed by atoms with E-state index in [9.17, 15) is 0 Å². The summed E-state index contributed by atoms with van der Waals surface area (Å²) in [6.07, 6.45) is 0. The van der Waals surface area contributed by atoms with Gasteiger partial charge in [-0.2, -0.15) is 0 Å². The van der Waals surface area contributed by atoms with Gasteiger partial charge in [0.25, 0.3) is 0 Å². The van der Waals surface area contributed by atoms with Gasteiger partial charge in [0, 0.05) is 10.8 Å². The fourth-order valence-corrected chi connectivity index (χ4v) is 8.59. The van der Waals surface area contributed by atoms with Crippen LogP contribution >= 0.6 is 0 Å². The van der Waals surface area contributed by atoms with Crippen LogP contribution in [0.25, 0.3) is 110 Å². The zero-order chi connectivity index (χ0) is 36.3. The van der Waals surface area contributed by atoms with Gasteiger partial charge in [0.15, 0.2) is 0 Å². The molecule has 0 atom stereocenters. The van der Waals surface area contributed by atoms with Gasteiger partial charge in [-0.05, 0) is 136 Å². The van der Waals surface area contributed by atoms with E-state index in [4.69, 9.17) is 4.42 Å². The van der Waals surface area contributed by atoms with Crippen molar-refractivity contribution in [3.63, 3.8) is 0 Å². The van der Waals surface area contributed by atoms with Crippen molar-refractivity contribution in [3.05, 3.63) is 206 Å². The highest BCUT2D eigenvalue weighted by molar-refractivity contribution is 6.22. The molecule has 0 aliphatic heterocycles. The Hall–Kier alpha value is -7.22. The molecule has 0 aliphatic rings. The molecule has 10 aromatic carbocycles. The normalized spacial score (nSPS) is 11.6. The lowest BCUT2D eigenvalue weighted by atomic mass is 9.84. The lowest BCUT2D eigenvalue weighted by Gasteiger charge is -2.19. The van der Waals surface area contributed by atoms with Crippen molar-refractivity contribution in [1.82, 2.24) is 0 Å². The molecule has 0 bridgehead atoms. The maximum Gasteiger partial charge on any atom is 0.135 e. The minimum Gasteiger partial charge on any atom is -0.456 e. The Morgan fingerprint density at radius 2 is 0.673 bits per heavy atom. The lowest BCUT2D eigenvalue weighted by molar-refractivity contribution is 0.669. The topological polar surface area (TPSA) is 13.1 Å². The highest BCUT2D eigenvalue weighted by Gasteiger charge is 2.18. The van der Waals surface area contributed by atoms with Crippen molar-refractivity contribution in [3.8, 4) is 55.6 Å². The van der Waals surface area contributed by atoms with E-state index in [0.29, 0.717) is 0 Å². The third-order valence-electron chi connectivity index (χ3n) is 11.2. The Bertz CT molecular complexity index is 3240. The highest BCUT2D eigenvalue weighted by atomic mass is 16.3. The van der Waals surface area contributed by atoms with Crippen molar-refractivity contribution in [2.75, 3.05) is 0 Å². The van der Waals surface area contributed by atoms with E-state index < -0.39 is 0 Å². The van der Waals surface area contributed by atoms with Crippen LogP contribution in [0.1, 0.15) is 0 Å². The zero-order valence-electron chi connectivity index (χ0n) is 30.0. The van der Waals surface area contributed by atoms with Crippen LogP contribution in [0, 0.1) is 0 Å². The van der Waals surface area contributed by atoms with Gasteiger partial charge in [0.1, 0.15) is 11.2 Å². The molecule has 0 radical (unpaired) electrons.